The smallest absolute Gasteiger partial charge is 0.329 e. The van der Waals surface area contributed by atoms with Gasteiger partial charge in [0.25, 0.3) is 11.7 Å². The second-order valence-corrected chi connectivity index (χ2v) is 17.6. The number of esters is 1. The molecule has 15 atom stereocenters. The molecule has 0 aromatic heterocycles. The van der Waals surface area contributed by atoms with Gasteiger partial charge in [-0.15, -0.1) is 6.58 Å². The first-order valence-corrected chi connectivity index (χ1v) is 21.4. The van der Waals surface area contributed by atoms with Gasteiger partial charge >= 0.3 is 5.97 Å². The zero-order valence-corrected chi connectivity index (χ0v) is 36.3. The van der Waals surface area contributed by atoms with Gasteiger partial charge in [0, 0.05) is 45.5 Å². The standard InChI is InChI=1S/C45H71NO12/c1-11-31-19-25(3)18-26(4)20-38(55-9)41-39(56-10)22-28(6)45(53,58-41)42(50)43(51)46-32(12-2)14-13-15-33(46)44(52)57-40(29(7)35(48)24-36(31)49)27(5)21-30-16-17-34(47)37(23-30)54-8/h12,19,21,26,28-35,37-41,47-48,53H,2,11,13-18,20,22-24H2,1,3-10H3/b25-19+,27-21+/t26-,28+,29+,30-,31+,32-,33-,34+,35-,37+,38?,39-,40+,41+,45+/m0/s1. The van der Waals surface area contributed by atoms with Gasteiger partial charge in [0.2, 0.25) is 5.79 Å². The van der Waals surface area contributed by atoms with Crippen LogP contribution in [-0.2, 0) is 42.9 Å². The van der Waals surface area contributed by atoms with Gasteiger partial charge in [0.1, 0.15) is 24.0 Å². The van der Waals surface area contributed by atoms with Crippen LogP contribution in [0.5, 0.6) is 0 Å². The summed E-state index contributed by atoms with van der Waals surface area (Å²) in [4.78, 5) is 58.5. The van der Waals surface area contributed by atoms with Crippen molar-refractivity contribution in [1.82, 2.24) is 4.90 Å². The summed E-state index contributed by atoms with van der Waals surface area (Å²) in [5, 5.41) is 34.3. The van der Waals surface area contributed by atoms with Crippen LogP contribution < -0.4 is 0 Å². The fraction of sp³-hybridized carbons (Fsp3) is 0.778. The number of carbonyl (C=O) groups is 4. The normalized spacial score (nSPS) is 41.8. The van der Waals surface area contributed by atoms with Gasteiger partial charge < -0.3 is 43.9 Å². The number of rotatable bonds is 7. The summed E-state index contributed by atoms with van der Waals surface area (Å²) in [5.41, 5.74) is 1.63. The number of fused-ring (bicyclic) bond motifs is 3. The molecule has 4 aliphatic rings. The van der Waals surface area contributed by atoms with Gasteiger partial charge in [-0.2, -0.15) is 0 Å². The Labute approximate surface area is 345 Å². The van der Waals surface area contributed by atoms with Gasteiger partial charge in [-0.25, -0.2) is 4.79 Å². The number of methoxy groups -OCH3 is 3. The third-order valence-electron chi connectivity index (χ3n) is 13.3. The molecule has 3 heterocycles. The van der Waals surface area contributed by atoms with Crippen LogP contribution in [0.3, 0.4) is 0 Å². The van der Waals surface area contributed by atoms with E-state index in [1.807, 2.05) is 39.8 Å². The number of aliphatic hydroxyl groups excluding tert-OH is 2. The van der Waals surface area contributed by atoms with Gasteiger partial charge in [0.15, 0.2) is 0 Å². The van der Waals surface area contributed by atoms with Crippen molar-refractivity contribution in [2.45, 2.75) is 173 Å². The first-order chi connectivity index (χ1) is 27.4. The van der Waals surface area contributed by atoms with Crippen molar-refractivity contribution in [3.8, 4) is 0 Å². The molecule has 1 aliphatic carbocycles. The van der Waals surface area contributed by atoms with E-state index in [1.165, 1.54) is 20.3 Å². The van der Waals surface area contributed by atoms with E-state index < -0.39 is 89.9 Å². The largest absolute Gasteiger partial charge is 0.456 e. The molecule has 0 aromatic carbocycles. The van der Waals surface area contributed by atoms with E-state index in [2.05, 4.69) is 6.58 Å². The number of piperidine rings is 1. The molecule has 1 amide bonds. The third-order valence-corrected chi connectivity index (χ3v) is 13.3. The van der Waals surface area contributed by atoms with E-state index in [0.29, 0.717) is 56.9 Å². The molecule has 1 saturated carbocycles. The Balaban J connectivity index is 1.81. The predicted octanol–water partition coefficient (Wildman–Crippen LogP) is 5.03. The van der Waals surface area contributed by atoms with Crippen molar-refractivity contribution in [3.05, 3.63) is 36.0 Å². The highest BCUT2D eigenvalue weighted by molar-refractivity contribution is 6.39. The van der Waals surface area contributed by atoms with Crippen LogP contribution in [0.4, 0.5) is 0 Å². The van der Waals surface area contributed by atoms with Crippen LogP contribution in [-0.4, -0.2) is 126 Å². The van der Waals surface area contributed by atoms with Gasteiger partial charge in [-0.05, 0) is 95.5 Å². The van der Waals surface area contributed by atoms with E-state index in [1.54, 1.807) is 21.0 Å². The molecule has 3 fully saturated rings. The maximum absolute atomic E-state index is 14.5. The number of nitrogens with zero attached hydrogens (tertiary/aromatic N) is 1. The fourth-order valence-corrected chi connectivity index (χ4v) is 9.74. The van der Waals surface area contributed by atoms with Gasteiger partial charge in [-0.3, -0.25) is 14.4 Å². The molecule has 3 aliphatic heterocycles. The van der Waals surface area contributed by atoms with Crippen molar-refractivity contribution >= 4 is 23.4 Å². The quantitative estimate of drug-likeness (QED) is 0.178. The molecule has 3 N–H and O–H groups in total. The summed E-state index contributed by atoms with van der Waals surface area (Å²) in [6.45, 7) is 15.0. The highest BCUT2D eigenvalue weighted by Gasteiger charge is 2.57. The Kier molecular flexibility index (Phi) is 17.5. The zero-order valence-electron chi connectivity index (χ0n) is 36.3. The second kappa shape index (κ2) is 21.1. The van der Waals surface area contributed by atoms with E-state index >= 15 is 0 Å². The predicted molar refractivity (Wildman–Crippen MR) is 217 cm³/mol. The average molecular weight is 818 g/mol. The number of allylic oxidation sites excluding steroid dienone is 3. The Bertz CT molecular complexity index is 1510. The lowest BCUT2D eigenvalue weighted by Crippen LogP contribution is -2.65. The number of cyclic esters (lactones) is 1. The Morgan fingerprint density at radius 2 is 1.59 bits per heavy atom. The molecule has 1 unspecified atom stereocenters. The minimum Gasteiger partial charge on any atom is -0.456 e. The molecule has 328 valence electrons. The molecular formula is C45H71NO12. The number of hydrogen-bond acceptors (Lipinski definition) is 12. The summed E-state index contributed by atoms with van der Waals surface area (Å²) in [5.74, 6) is -7.80. The number of carbonyl (C=O) groups excluding carboxylic acids is 4. The Hall–Kier alpha value is -2.78. The second-order valence-electron chi connectivity index (χ2n) is 17.6. The highest BCUT2D eigenvalue weighted by atomic mass is 16.7. The lowest BCUT2D eigenvalue weighted by atomic mass is 9.81. The SMILES string of the molecule is C=C[C@H]1CCC[C@H]2C(=O)O[C@H](/C(C)=C/[C@@H]3CC[C@@H](O)[C@H](OC)C3)[C@H](C)[C@@H](O)CC(=O)[C@H](CC)/C=C(\C)C[C@H](C)CC(OC)[C@H]3O[C@@](O)(C(=O)C(=O)N12)[C@H](C)C[C@@H]3OC. The summed E-state index contributed by atoms with van der Waals surface area (Å²) >= 11 is 0. The summed E-state index contributed by atoms with van der Waals surface area (Å²) < 4.78 is 29.9. The first-order valence-electron chi connectivity index (χ1n) is 21.4. The topological polar surface area (TPSA) is 178 Å². The molecule has 13 heteroatoms. The molecule has 4 rings (SSSR count). The summed E-state index contributed by atoms with van der Waals surface area (Å²) in [6, 6.07) is -1.94. The first kappa shape index (κ1) is 47.9. The van der Waals surface area contributed by atoms with Crippen LogP contribution in [0.1, 0.15) is 112 Å². The average Bonchev–Trinajstić information content (AvgIpc) is 3.20. The number of ether oxygens (including phenoxy) is 5. The number of amides is 1. The fourth-order valence-electron chi connectivity index (χ4n) is 9.74. The summed E-state index contributed by atoms with van der Waals surface area (Å²) in [7, 11) is 4.61. The van der Waals surface area contributed by atoms with Gasteiger partial charge in [0.05, 0.1) is 36.6 Å². The van der Waals surface area contributed by atoms with Crippen molar-refractivity contribution in [3.63, 3.8) is 0 Å². The monoisotopic (exact) mass is 817 g/mol. The molecular weight excluding hydrogens is 746 g/mol. The Morgan fingerprint density at radius 3 is 2.21 bits per heavy atom. The molecule has 13 nitrogen and oxygen atoms in total. The maximum Gasteiger partial charge on any atom is 0.329 e. The number of hydrogen-bond donors (Lipinski definition) is 3. The molecule has 2 bridgehead atoms. The number of aliphatic hydroxyl groups is 3. The lowest BCUT2D eigenvalue weighted by molar-refractivity contribution is -0.302. The molecule has 0 radical (unpaired) electrons. The third kappa shape index (κ3) is 10.9. The van der Waals surface area contributed by atoms with E-state index in [4.69, 9.17) is 23.7 Å². The van der Waals surface area contributed by atoms with E-state index in [0.717, 1.165) is 10.5 Å². The van der Waals surface area contributed by atoms with Crippen LogP contribution in [0.2, 0.25) is 0 Å². The molecule has 0 spiro atoms. The Morgan fingerprint density at radius 1 is 0.931 bits per heavy atom. The molecule has 58 heavy (non-hydrogen) atoms. The van der Waals surface area contributed by atoms with Crippen molar-refractivity contribution in [2.24, 2.45) is 29.6 Å². The number of ketones is 2. The van der Waals surface area contributed by atoms with Gasteiger partial charge in [-0.1, -0.05) is 51.5 Å². The molecule has 0 aromatic rings. The van der Waals surface area contributed by atoms with Crippen LogP contribution in [0.25, 0.3) is 0 Å². The lowest BCUT2D eigenvalue weighted by Gasteiger charge is -2.47. The minimum atomic E-state index is -2.55. The molecule has 2 saturated heterocycles. The van der Waals surface area contributed by atoms with Crippen LogP contribution in [0, 0.1) is 29.6 Å². The number of Topliss-reactive ketones (excluding diaryl/α,β-unsaturated/α-hetero) is 2. The van der Waals surface area contributed by atoms with E-state index in [-0.39, 0.29) is 43.0 Å². The van der Waals surface area contributed by atoms with Crippen molar-refractivity contribution in [2.75, 3.05) is 21.3 Å². The minimum absolute atomic E-state index is 0.0175. The zero-order chi connectivity index (χ0) is 43.1. The summed E-state index contributed by atoms with van der Waals surface area (Å²) in [6.07, 6.45) is 4.72. The highest BCUT2D eigenvalue weighted by Crippen LogP contribution is 2.40. The van der Waals surface area contributed by atoms with Crippen LogP contribution >= 0.6 is 0 Å². The van der Waals surface area contributed by atoms with Crippen LogP contribution in [0.15, 0.2) is 36.0 Å². The van der Waals surface area contributed by atoms with Crippen molar-refractivity contribution in [1.29, 1.82) is 0 Å². The van der Waals surface area contributed by atoms with E-state index in [9.17, 15) is 34.5 Å². The maximum atomic E-state index is 14.5. The van der Waals surface area contributed by atoms with Crippen molar-refractivity contribution < 1.29 is 58.2 Å².